The molecule has 0 aliphatic rings. The van der Waals surface area contributed by atoms with Crippen LogP contribution in [0.25, 0.3) is 5.82 Å². The number of amides is 1. The van der Waals surface area contributed by atoms with Gasteiger partial charge in [0.05, 0.1) is 17.1 Å². The van der Waals surface area contributed by atoms with E-state index >= 15 is 0 Å². The van der Waals surface area contributed by atoms with Gasteiger partial charge in [0.2, 0.25) is 0 Å². The third-order valence-electron chi connectivity index (χ3n) is 3.32. The van der Waals surface area contributed by atoms with E-state index in [0.717, 1.165) is 0 Å². The number of nitrogens with zero attached hydrogens (tertiary/aromatic N) is 4. The molecule has 0 spiro atoms. The van der Waals surface area contributed by atoms with Gasteiger partial charge in [-0.2, -0.15) is 5.10 Å². The van der Waals surface area contributed by atoms with E-state index in [1.54, 1.807) is 53.5 Å². The number of hydrogen-bond acceptors (Lipinski definition) is 4. The van der Waals surface area contributed by atoms with Crippen LogP contribution in [0.2, 0.25) is 5.02 Å². The van der Waals surface area contributed by atoms with E-state index in [4.69, 9.17) is 11.6 Å². The van der Waals surface area contributed by atoms with E-state index in [-0.39, 0.29) is 24.6 Å². The molecule has 122 valence electrons. The number of hydrogen-bond donors (Lipinski definition) is 1. The Labute approximate surface area is 142 Å². The van der Waals surface area contributed by atoms with E-state index in [1.165, 1.54) is 10.7 Å². The summed E-state index contributed by atoms with van der Waals surface area (Å²) in [6.45, 7) is 0.490. The van der Waals surface area contributed by atoms with Gasteiger partial charge in [-0.25, -0.2) is 9.36 Å². The molecule has 0 atom stereocenters. The summed E-state index contributed by atoms with van der Waals surface area (Å²) in [6.07, 6.45) is 3.36. The van der Waals surface area contributed by atoms with E-state index in [1.807, 2.05) is 0 Å². The summed E-state index contributed by atoms with van der Waals surface area (Å²) < 4.78 is 2.84. The highest BCUT2D eigenvalue weighted by Crippen LogP contribution is 2.14. The zero-order chi connectivity index (χ0) is 16.9. The molecule has 0 fully saturated rings. The molecule has 2 aromatic heterocycles. The fourth-order valence-electron chi connectivity index (χ4n) is 2.14. The van der Waals surface area contributed by atoms with Crippen LogP contribution in [-0.4, -0.2) is 32.0 Å². The largest absolute Gasteiger partial charge is 0.350 e. The highest BCUT2D eigenvalue weighted by Gasteiger charge is 2.09. The second kappa shape index (κ2) is 7.10. The Bertz CT molecular complexity index is 905. The molecule has 7 nitrogen and oxygen atoms in total. The van der Waals surface area contributed by atoms with Gasteiger partial charge in [0, 0.05) is 25.0 Å². The van der Waals surface area contributed by atoms with Crippen LogP contribution in [-0.2, 0) is 6.54 Å². The SMILES string of the molecule is O=C(NCCn1nc(-n2cccn2)ccc1=O)c1ccccc1Cl. The van der Waals surface area contributed by atoms with Crippen LogP contribution in [0.1, 0.15) is 10.4 Å². The third kappa shape index (κ3) is 3.52. The van der Waals surface area contributed by atoms with E-state index in [0.29, 0.717) is 16.4 Å². The predicted molar refractivity (Wildman–Crippen MR) is 89.4 cm³/mol. The second-order valence-corrected chi connectivity index (χ2v) is 5.35. The summed E-state index contributed by atoms with van der Waals surface area (Å²) in [7, 11) is 0. The Morgan fingerprint density at radius 2 is 2.00 bits per heavy atom. The van der Waals surface area contributed by atoms with Crippen molar-refractivity contribution in [3.05, 3.63) is 75.8 Å². The fraction of sp³-hybridized carbons (Fsp3) is 0.125. The Kier molecular flexibility index (Phi) is 4.72. The number of halogens is 1. The second-order valence-electron chi connectivity index (χ2n) is 4.94. The molecule has 1 amide bonds. The number of rotatable bonds is 5. The molecule has 0 unspecified atom stereocenters. The number of carbonyl (C=O) groups is 1. The van der Waals surface area contributed by atoms with E-state index < -0.39 is 0 Å². The lowest BCUT2D eigenvalue weighted by Crippen LogP contribution is -2.32. The predicted octanol–water partition coefficient (Wildman–Crippen LogP) is 1.51. The van der Waals surface area contributed by atoms with Crippen molar-refractivity contribution in [1.29, 1.82) is 0 Å². The van der Waals surface area contributed by atoms with Gasteiger partial charge in [-0.05, 0) is 24.3 Å². The van der Waals surface area contributed by atoms with Crippen molar-refractivity contribution in [2.75, 3.05) is 6.54 Å². The number of nitrogens with one attached hydrogen (secondary N) is 1. The summed E-state index contributed by atoms with van der Waals surface area (Å²) in [4.78, 5) is 24.0. The van der Waals surface area contributed by atoms with Gasteiger partial charge in [0.15, 0.2) is 5.82 Å². The molecule has 1 aromatic carbocycles. The van der Waals surface area contributed by atoms with E-state index in [9.17, 15) is 9.59 Å². The first kappa shape index (κ1) is 15.9. The molecule has 0 saturated carbocycles. The average molecular weight is 344 g/mol. The molecule has 1 N–H and O–H groups in total. The molecule has 8 heteroatoms. The molecular formula is C16H14ClN5O2. The minimum atomic E-state index is -0.295. The van der Waals surface area contributed by atoms with Crippen molar-refractivity contribution in [2.24, 2.45) is 0 Å². The Morgan fingerprint density at radius 1 is 1.17 bits per heavy atom. The highest BCUT2D eigenvalue weighted by molar-refractivity contribution is 6.33. The van der Waals surface area contributed by atoms with Gasteiger partial charge in [0.1, 0.15) is 0 Å². The monoisotopic (exact) mass is 343 g/mol. The number of aromatic nitrogens is 4. The smallest absolute Gasteiger partial charge is 0.266 e. The van der Waals surface area contributed by atoms with Crippen LogP contribution in [0.3, 0.4) is 0 Å². The van der Waals surface area contributed by atoms with Crippen molar-refractivity contribution < 1.29 is 4.79 Å². The summed E-state index contributed by atoms with van der Waals surface area (Å²) >= 11 is 5.98. The molecular weight excluding hydrogens is 330 g/mol. The van der Waals surface area contributed by atoms with Crippen molar-refractivity contribution >= 4 is 17.5 Å². The molecule has 24 heavy (non-hydrogen) atoms. The van der Waals surface area contributed by atoms with Gasteiger partial charge in [-0.1, -0.05) is 23.7 Å². The Balaban J connectivity index is 1.67. The summed E-state index contributed by atoms with van der Waals surface area (Å²) in [5, 5.41) is 11.4. The number of carbonyl (C=O) groups excluding carboxylic acids is 1. The lowest BCUT2D eigenvalue weighted by atomic mass is 10.2. The quantitative estimate of drug-likeness (QED) is 0.761. The van der Waals surface area contributed by atoms with Gasteiger partial charge >= 0.3 is 0 Å². The fourth-order valence-corrected chi connectivity index (χ4v) is 2.36. The summed E-state index contributed by atoms with van der Waals surface area (Å²) in [6, 6.07) is 11.6. The minimum Gasteiger partial charge on any atom is -0.350 e. The summed E-state index contributed by atoms with van der Waals surface area (Å²) in [5.41, 5.74) is 0.141. The maximum atomic E-state index is 12.1. The van der Waals surface area contributed by atoms with Crippen molar-refractivity contribution in [1.82, 2.24) is 24.9 Å². The molecule has 2 heterocycles. The first-order valence-electron chi connectivity index (χ1n) is 7.26. The molecule has 0 saturated heterocycles. The normalized spacial score (nSPS) is 10.5. The Morgan fingerprint density at radius 3 is 2.75 bits per heavy atom. The zero-order valence-electron chi connectivity index (χ0n) is 12.6. The minimum absolute atomic E-state index is 0.240. The maximum absolute atomic E-state index is 12.1. The maximum Gasteiger partial charge on any atom is 0.266 e. The van der Waals surface area contributed by atoms with Gasteiger partial charge in [0.25, 0.3) is 11.5 Å². The molecule has 3 aromatic rings. The standard InChI is InChI=1S/C16H14ClN5O2/c17-13-5-2-1-4-12(13)16(24)18-9-11-22-15(23)7-6-14(20-22)21-10-3-8-19-21/h1-8,10H,9,11H2,(H,18,24). The van der Waals surface area contributed by atoms with Crippen molar-refractivity contribution in [3.63, 3.8) is 0 Å². The summed E-state index contributed by atoms with van der Waals surface area (Å²) in [5.74, 6) is 0.230. The molecule has 0 radical (unpaired) electrons. The lowest BCUT2D eigenvalue weighted by molar-refractivity contribution is 0.0952. The zero-order valence-corrected chi connectivity index (χ0v) is 13.3. The van der Waals surface area contributed by atoms with E-state index in [2.05, 4.69) is 15.5 Å². The highest BCUT2D eigenvalue weighted by atomic mass is 35.5. The first-order valence-corrected chi connectivity index (χ1v) is 7.64. The van der Waals surface area contributed by atoms with Crippen LogP contribution in [0.4, 0.5) is 0 Å². The van der Waals surface area contributed by atoms with Gasteiger partial charge in [-0.3, -0.25) is 9.59 Å². The number of benzene rings is 1. The van der Waals surface area contributed by atoms with Crippen LogP contribution in [0.5, 0.6) is 0 Å². The molecule has 3 rings (SSSR count). The molecule has 0 aliphatic heterocycles. The Hall–Kier alpha value is -2.93. The first-order chi connectivity index (χ1) is 11.6. The van der Waals surface area contributed by atoms with Crippen molar-refractivity contribution in [2.45, 2.75) is 6.54 Å². The topological polar surface area (TPSA) is 81.8 Å². The molecule has 0 aliphatic carbocycles. The van der Waals surface area contributed by atoms with Gasteiger partial charge < -0.3 is 5.32 Å². The van der Waals surface area contributed by atoms with Crippen LogP contribution >= 0.6 is 11.6 Å². The average Bonchev–Trinajstić information content (AvgIpc) is 3.11. The van der Waals surface area contributed by atoms with Crippen LogP contribution in [0, 0.1) is 0 Å². The van der Waals surface area contributed by atoms with Crippen LogP contribution < -0.4 is 10.9 Å². The molecule has 0 bridgehead atoms. The third-order valence-corrected chi connectivity index (χ3v) is 3.65. The lowest BCUT2D eigenvalue weighted by Gasteiger charge is -2.09. The van der Waals surface area contributed by atoms with Gasteiger partial charge in [-0.15, -0.1) is 5.10 Å². The van der Waals surface area contributed by atoms with Crippen molar-refractivity contribution in [3.8, 4) is 5.82 Å². The van der Waals surface area contributed by atoms with Crippen LogP contribution in [0.15, 0.2) is 59.7 Å².